The molecular weight excluding hydrogens is 138 g/mol. The van der Waals surface area contributed by atoms with Crippen LogP contribution in [-0.2, 0) is 4.74 Å². The van der Waals surface area contributed by atoms with Crippen LogP contribution in [0.15, 0.2) is 0 Å². The van der Waals surface area contributed by atoms with E-state index in [4.69, 9.17) is 10.2 Å². The van der Waals surface area contributed by atoms with Crippen LogP contribution in [0.4, 0.5) is 4.79 Å². The molecule has 0 aromatic heterocycles. The summed E-state index contributed by atoms with van der Waals surface area (Å²) >= 11 is 0. The van der Waals surface area contributed by atoms with Gasteiger partial charge in [0.1, 0.15) is 12.2 Å². The molecule has 1 heterocycles. The van der Waals surface area contributed by atoms with Crippen LogP contribution >= 0.6 is 0 Å². The number of hydrogen-bond donors (Lipinski definition) is 3. The van der Waals surface area contributed by atoms with E-state index in [1.165, 1.54) is 0 Å². The number of ether oxygens (including phenoxy) is 1. The highest BCUT2D eigenvalue weighted by atomic mass is 16.7. The summed E-state index contributed by atoms with van der Waals surface area (Å²) in [6.45, 7) is 0.797. The fourth-order valence-electron chi connectivity index (χ4n) is 0.891. The predicted octanol–water partition coefficient (Wildman–Crippen LogP) is -0.986. The molecule has 1 fully saturated rings. The topological polar surface area (TPSA) is 78.8 Å². The van der Waals surface area contributed by atoms with Gasteiger partial charge in [0, 0.05) is 13.1 Å². The molecule has 0 aliphatic carbocycles. The quantitative estimate of drug-likeness (QED) is 0.415. The number of aliphatic hydroxyl groups is 1. The summed E-state index contributed by atoms with van der Waals surface area (Å²) in [5, 5.41) is 19.9. The van der Waals surface area contributed by atoms with Gasteiger partial charge in [-0.1, -0.05) is 0 Å². The first-order chi connectivity index (χ1) is 4.70. The van der Waals surface area contributed by atoms with Crippen LogP contribution in [0.1, 0.15) is 0 Å². The Kier molecular flexibility index (Phi) is 2.08. The van der Waals surface area contributed by atoms with Crippen LogP contribution in [0.2, 0.25) is 0 Å². The Morgan fingerprint density at radius 3 is 2.70 bits per heavy atom. The van der Waals surface area contributed by atoms with Crippen molar-refractivity contribution in [1.82, 2.24) is 5.32 Å². The van der Waals surface area contributed by atoms with Crippen molar-refractivity contribution in [2.45, 2.75) is 12.2 Å². The molecular formula is C5H9NO4. The van der Waals surface area contributed by atoms with Crippen molar-refractivity contribution in [2.24, 2.45) is 0 Å². The lowest BCUT2D eigenvalue weighted by molar-refractivity contribution is 0.00672. The molecule has 3 N–H and O–H groups in total. The molecule has 1 saturated heterocycles. The number of β-amino-alcohol motifs (C(OH)–C–C–N with tert-alkyl or cyclic N) is 1. The summed E-state index contributed by atoms with van der Waals surface area (Å²) in [7, 11) is 0. The van der Waals surface area contributed by atoms with Gasteiger partial charge in [0.25, 0.3) is 0 Å². The zero-order chi connectivity index (χ0) is 7.56. The zero-order valence-electron chi connectivity index (χ0n) is 5.28. The third-order valence-corrected chi connectivity index (χ3v) is 1.38. The van der Waals surface area contributed by atoms with Crippen LogP contribution in [-0.4, -0.2) is 41.7 Å². The summed E-state index contributed by atoms with van der Waals surface area (Å²) < 4.78 is 4.33. The fourth-order valence-corrected chi connectivity index (χ4v) is 0.891. The molecule has 58 valence electrons. The molecule has 0 bridgehead atoms. The number of carboxylic acid groups (broad SMARTS) is 1. The average molecular weight is 147 g/mol. The number of hydrogen-bond acceptors (Lipinski definition) is 4. The third kappa shape index (κ3) is 1.58. The maximum absolute atomic E-state index is 9.94. The van der Waals surface area contributed by atoms with Gasteiger partial charge in [-0.25, -0.2) is 4.79 Å². The second-order valence-corrected chi connectivity index (χ2v) is 2.15. The third-order valence-electron chi connectivity index (χ3n) is 1.38. The molecule has 0 aromatic carbocycles. The predicted molar refractivity (Wildman–Crippen MR) is 31.8 cm³/mol. The van der Waals surface area contributed by atoms with Crippen LogP contribution in [0.5, 0.6) is 0 Å². The molecule has 0 saturated carbocycles. The Morgan fingerprint density at radius 2 is 2.30 bits per heavy atom. The second kappa shape index (κ2) is 2.85. The standard InChI is InChI=1S/C5H9NO4/c7-3-1-6-2-4(3)10-5(8)9/h3-4,6-7H,1-2H2,(H,8,9). The lowest BCUT2D eigenvalue weighted by Gasteiger charge is -2.10. The van der Waals surface area contributed by atoms with Crippen LogP contribution < -0.4 is 5.32 Å². The first-order valence-electron chi connectivity index (χ1n) is 2.98. The van der Waals surface area contributed by atoms with E-state index < -0.39 is 18.4 Å². The number of nitrogens with one attached hydrogen (secondary N) is 1. The van der Waals surface area contributed by atoms with Gasteiger partial charge in [-0.05, 0) is 0 Å². The Hall–Kier alpha value is -0.810. The molecule has 2 atom stereocenters. The Bertz CT molecular complexity index is 138. The summed E-state index contributed by atoms with van der Waals surface area (Å²) in [4.78, 5) is 9.94. The van der Waals surface area contributed by atoms with Gasteiger partial charge < -0.3 is 20.3 Å². The van der Waals surface area contributed by atoms with Gasteiger partial charge in [0.05, 0.1) is 0 Å². The van der Waals surface area contributed by atoms with E-state index in [-0.39, 0.29) is 0 Å². The monoisotopic (exact) mass is 147 g/mol. The number of carbonyl (C=O) groups is 1. The lowest BCUT2D eigenvalue weighted by atomic mass is 10.3. The van der Waals surface area contributed by atoms with Crippen LogP contribution in [0, 0.1) is 0 Å². The van der Waals surface area contributed by atoms with E-state index in [1.807, 2.05) is 0 Å². The molecule has 0 aromatic rings. The SMILES string of the molecule is O=C(O)OC1CNCC1O. The summed E-state index contributed by atoms with van der Waals surface area (Å²) in [5.74, 6) is 0. The maximum atomic E-state index is 9.94. The molecule has 5 nitrogen and oxygen atoms in total. The first-order valence-corrected chi connectivity index (χ1v) is 2.98. The largest absolute Gasteiger partial charge is 0.506 e. The Labute approximate surface area is 57.6 Å². The van der Waals surface area contributed by atoms with E-state index in [0.717, 1.165) is 0 Å². The van der Waals surface area contributed by atoms with E-state index in [2.05, 4.69) is 10.1 Å². The molecule has 10 heavy (non-hydrogen) atoms. The smallest absolute Gasteiger partial charge is 0.450 e. The molecule has 1 rings (SSSR count). The molecule has 2 unspecified atom stereocenters. The van der Waals surface area contributed by atoms with Gasteiger partial charge in [-0.3, -0.25) is 0 Å². The van der Waals surface area contributed by atoms with Crippen molar-refractivity contribution in [3.8, 4) is 0 Å². The van der Waals surface area contributed by atoms with Crippen molar-refractivity contribution in [2.75, 3.05) is 13.1 Å². The Balaban J connectivity index is 2.33. The van der Waals surface area contributed by atoms with E-state index in [9.17, 15) is 4.79 Å². The van der Waals surface area contributed by atoms with E-state index in [0.29, 0.717) is 13.1 Å². The average Bonchev–Trinajstić information content (AvgIpc) is 2.15. The normalized spacial score (nSPS) is 32.1. The van der Waals surface area contributed by atoms with Gasteiger partial charge >= 0.3 is 6.16 Å². The molecule has 1 aliphatic heterocycles. The van der Waals surface area contributed by atoms with Crippen molar-refractivity contribution in [3.63, 3.8) is 0 Å². The zero-order valence-corrected chi connectivity index (χ0v) is 5.28. The maximum Gasteiger partial charge on any atom is 0.506 e. The number of rotatable bonds is 1. The minimum atomic E-state index is -1.34. The fraction of sp³-hybridized carbons (Fsp3) is 0.800. The molecule has 0 spiro atoms. The van der Waals surface area contributed by atoms with Crippen LogP contribution in [0.3, 0.4) is 0 Å². The Morgan fingerprint density at radius 1 is 1.60 bits per heavy atom. The molecule has 0 amide bonds. The van der Waals surface area contributed by atoms with E-state index >= 15 is 0 Å². The summed E-state index contributed by atoms with van der Waals surface area (Å²) in [6.07, 6.45) is -2.64. The minimum Gasteiger partial charge on any atom is -0.450 e. The van der Waals surface area contributed by atoms with Crippen molar-refractivity contribution < 1.29 is 19.7 Å². The van der Waals surface area contributed by atoms with Crippen LogP contribution in [0.25, 0.3) is 0 Å². The lowest BCUT2D eigenvalue weighted by Crippen LogP contribution is -2.28. The second-order valence-electron chi connectivity index (χ2n) is 2.15. The van der Waals surface area contributed by atoms with Crippen molar-refractivity contribution in [3.05, 3.63) is 0 Å². The van der Waals surface area contributed by atoms with Gasteiger partial charge in [-0.15, -0.1) is 0 Å². The summed E-state index contributed by atoms with van der Waals surface area (Å²) in [6, 6.07) is 0. The highest BCUT2D eigenvalue weighted by Gasteiger charge is 2.27. The van der Waals surface area contributed by atoms with E-state index in [1.54, 1.807) is 0 Å². The highest BCUT2D eigenvalue weighted by molar-refractivity contribution is 5.57. The van der Waals surface area contributed by atoms with Gasteiger partial charge in [0.15, 0.2) is 0 Å². The van der Waals surface area contributed by atoms with Gasteiger partial charge in [0.2, 0.25) is 0 Å². The minimum absolute atomic E-state index is 0.396. The number of aliphatic hydroxyl groups excluding tert-OH is 1. The summed E-state index contributed by atoms with van der Waals surface area (Å²) in [5.41, 5.74) is 0. The molecule has 1 aliphatic rings. The van der Waals surface area contributed by atoms with Gasteiger partial charge in [-0.2, -0.15) is 0 Å². The first kappa shape index (κ1) is 7.30. The molecule has 5 heteroatoms. The van der Waals surface area contributed by atoms with Crippen molar-refractivity contribution in [1.29, 1.82) is 0 Å². The van der Waals surface area contributed by atoms with Crippen molar-refractivity contribution >= 4 is 6.16 Å². The highest BCUT2D eigenvalue weighted by Crippen LogP contribution is 2.03. The molecule has 0 radical (unpaired) electrons.